The largest absolute Gasteiger partial charge is 0.484 e. The average molecular weight is 403 g/mol. The van der Waals surface area contributed by atoms with Crippen LogP contribution < -0.4 is 15.8 Å². The first-order chi connectivity index (χ1) is 14.5. The summed E-state index contributed by atoms with van der Waals surface area (Å²) in [4.78, 5) is 26.8. The summed E-state index contributed by atoms with van der Waals surface area (Å²) in [6, 6.07) is 12.6. The molecule has 2 N–H and O–H groups in total. The number of aromatic amines is 1. The maximum atomic E-state index is 12.0. The van der Waals surface area contributed by atoms with Crippen LogP contribution in [0.15, 0.2) is 63.0 Å². The first-order valence-corrected chi connectivity index (χ1v) is 9.63. The highest BCUT2D eigenvalue weighted by atomic mass is 16.5. The van der Waals surface area contributed by atoms with Crippen LogP contribution in [0, 0.1) is 6.92 Å². The highest BCUT2D eigenvalue weighted by Gasteiger charge is 2.07. The summed E-state index contributed by atoms with van der Waals surface area (Å²) < 4.78 is 10.7. The van der Waals surface area contributed by atoms with E-state index in [0.29, 0.717) is 11.3 Å². The summed E-state index contributed by atoms with van der Waals surface area (Å²) in [5.74, 6) is 0.0326. The minimum absolute atomic E-state index is 0.216. The number of amides is 1. The van der Waals surface area contributed by atoms with E-state index >= 15 is 0 Å². The fraction of sp³-hybridized carbons (Fsp3) is 0.174. The fourth-order valence-electron chi connectivity index (χ4n) is 3.39. The Morgan fingerprint density at radius 3 is 2.93 bits per heavy atom. The average Bonchev–Trinajstić information content (AvgIpc) is 3.15. The molecular formula is C23H21N3O4. The molecule has 152 valence electrons. The minimum Gasteiger partial charge on any atom is -0.484 e. The Labute approximate surface area is 172 Å². The number of nitrogens with zero attached hydrogens (tertiary/aromatic N) is 1. The van der Waals surface area contributed by atoms with Crippen LogP contribution in [0.5, 0.6) is 5.75 Å². The van der Waals surface area contributed by atoms with Crippen LogP contribution in [0.2, 0.25) is 0 Å². The first-order valence-electron chi connectivity index (χ1n) is 9.63. The van der Waals surface area contributed by atoms with Gasteiger partial charge in [0.05, 0.1) is 6.21 Å². The fourth-order valence-corrected chi connectivity index (χ4v) is 3.39. The maximum absolute atomic E-state index is 12.0. The summed E-state index contributed by atoms with van der Waals surface area (Å²) in [5, 5.41) is 5.89. The highest BCUT2D eigenvalue weighted by molar-refractivity contribution is 6.00. The lowest BCUT2D eigenvalue weighted by Gasteiger charge is -2.06. The molecule has 0 radical (unpaired) electrons. The van der Waals surface area contributed by atoms with Gasteiger partial charge in [-0.25, -0.2) is 10.2 Å². The topological polar surface area (TPSA) is 96.7 Å². The Balaban J connectivity index is 1.39. The Hall–Kier alpha value is -3.87. The van der Waals surface area contributed by atoms with Gasteiger partial charge >= 0.3 is 5.63 Å². The summed E-state index contributed by atoms with van der Waals surface area (Å²) >= 11 is 0. The number of hydrazone groups is 1. The number of hydrogen-bond acceptors (Lipinski definition) is 5. The van der Waals surface area contributed by atoms with Gasteiger partial charge in [-0.3, -0.25) is 4.79 Å². The molecule has 0 aliphatic heterocycles. The van der Waals surface area contributed by atoms with Crippen molar-refractivity contribution in [2.24, 2.45) is 5.10 Å². The molecule has 4 rings (SSSR count). The molecule has 30 heavy (non-hydrogen) atoms. The molecule has 0 unspecified atom stereocenters. The number of fused-ring (bicyclic) bond motifs is 2. The standard InChI is InChI=1S/C23H21N3O4/c1-3-15-5-4-6-19-16(11-24-23(15)19)12-25-26-21(27)13-29-17-7-8-18-14(2)9-22(28)30-20(18)10-17/h4-12,24H,3,13H2,1-2H3,(H,26,27)/b25-12+. The number of aromatic nitrogens is 1. The lowest BCUT2D eigenvalue weighted by Crippen LogP contribution is -2.24. The minimum atomic E-state index is -0.424. The van der Waals surface area contributed by atoms with Crippen LogP contribution in [0.3, 0.4) is 0 Å². The number of H-pyrrole nitrogens is 1. The molecule has 0 spiro atoms. The molecule has 0 bridgehead atoms. The number of carbonyl (C=O) groups excluding carboxylic acids is 1. The third-order valence-corrected chi connectivity index (χ3v) is 4.90. The number of nitrogens with one attached hydrogen (secondary N) is 2. The van der Waals surface area contributed by atoms with Crippen molar-refractivity contribution in [2.45, 2.75) is 20.3 Å². The molecule has 7 heteroatoms. The Morgan fingerprint density at radius 1 is 1.23 bits per heavy atom. The van der Waals surface area contributed by atoms with E-state index in [-0.39, 0.29) is 6.61 Å². The molecule has 4 aromatic rings. The van der Waals surface area contributed by atoms with Crippen molar-refractivity contribution in [1.82, 2.24) is 10.4 Å². The van der Waals surface area contributed by atoms with Crippen LogP contribution in [-0.4, -0.2) is 23.7 Å². The van der Waals surface area contributed by atoms with Crippen LogP contribution in [0.4, 0.5) is 0 Å². The van der Waals surface area contributed by atoms with E-state index in [9.17, 15) is 9.59 Å². The lowest BCUT2D eigenvalue weighted by atomic mass is 10.1. The van der Waals surface area contributed by atoms with Gasteiger partial charge in [0.25, 0.3) is 5.91 Å². The van der Waals surface area contributed by atoms with E-state index in [2.05, 4.69) is 28.5 Å². The maximum Gasteiger partial charge on any atom is 0.336 e. The second-order valence-electron chi connectivity index (χ2n) is 6.93. The van der Waals surface area contributed by atoms with Gasteiger partial charge in [-0.05, 0) is 36.6 Å². The molecule has 2 aromatic carbocycles. The SMILES string of the molecule is CCc1cccc2c(/C=N/NC(=O)COc3ccc4c(C)cc(=O)oc4c3)c[nH]c12. The Bertz CT molecular complexity index is 1320. The zero-order valence-corrected chi connectivity index (χ0v) is 16.7. The van der Waals surface area contributed by atoms with Gasteiger partial charge in [0.15, 0.2) is 6.61 Å². The van der Waals surface area contributed by atoms with Crippen LogP contribution in [0.25, 0.3) is 21.9 Å². The summed E-state index contributed by atoms with van der Waals surface area (Å²) in [6.45, 7) is 3.72. The quantitative estimate of drug-likeness (QED) is 0.292. The Kier molecular flexibility index (Phi) is 5.34. The molecule has 0 aliphatic rings. The normalized spacial score (nSPS) is 11.4. The van der Waals surface area contributed by atoms with Crippen LogP contribution >= 0.6 is 0 Å². The predicted octanol–water partition coefficient (Wildman–Crippen LogP) is 3.67. The zero-order valence-electron chi connectivity index (χ0n) is 16.7. The van der Waals surface area contributed by atoms with Crippen molar-refractivity contribution in [3.05, 3.63) is 75.8 Å². The lowest BCUT2D eigenvalue weighted by molar-refractivity contribution is -0.123. The predicted molar refractivity (Wildman–Crippen MR) is 116 cm³/mol. The van der Waals surface area contributed by atoms with Crippen molar-refractivity contribution < 1.29 is 13.9 Å². The molecule has 2 aromatic heterocycles. The zero-order chi connectivity index (χ0) is 21.1. The molecule has 0 saturated heterocycles. The first kappa shape index (κ1) is 19.4. The van der Waals surface area contributed by atoms with E-state index < -0.39 is 11.5 Å². The summed E-state index contributed by atoms with van der Waals surface area (Å²) in [5.41, 5.74) is 6.47. The van der Waals surface area contributed by atoms with E-state index in [1.807, 2.05) is 25.3 Å². The molecular weight excluding hydrogens is 382 g/mol. The van der Waals surface area contributed by atoms with Gasteiger partial charge in [-0.2, -0.15) is 5.10 Å². The van der Waals surface area contributed by atoms with Crippen molar-refractivity contribution in [1.29, 1.82) is 0 Å². The van der Waals surface area contributed by atoms with E-state index in [1.54, 1.807) is 24.4 Å². The highest BCUT2D eigenvalue weighted by Crippen LogP contribution is 2.22. The van der Waals surface area contributed by atoms with E-state index in [4.69, 9.17) is 9.15 Å². The van der Waals surface area contributed by atoms with Gasteiger partial charge in [-0.15, -0.1) is 0 Å². The number of aryl methyl sites for hydroxylation is 2. The third-order valence-electron chi connectivity index (χ3n) is 4.90. The van der Waals surface area contributed by atoms with Crippen molar-refractivity contribution in [3.8, 4) is 5.75 Å². The van der Waals surface area contributed by atoms with Crippen molar-refractivity contribution in [2.75, 3.05) is 6.61 Å². The number of rotatable bonds is 6. The Morgan fingerprint density at radius 2 is 2.10 bits per heavy atom. The third kappa shape index (κ3) is 3.96. The summed E-state index contributed by atoms with van der Waals surface area (Å²) in [6.07, 6.45) is 4.39. The molecule has 0 aliphatic carbocycles. The molecule has 7 nitrogen and oxygen atoms in total. The number of ether oxygens (including phenoxy) is 1. The number of carbonyl (C=O) groups is 1. The van der Waals surface area contributed by atoms with Gasteiger partial charge in [0.2, 0.25) is 0 Å². The van der Waals surface area contributed by atoms with Gasteiger partial charge < -0.3 is 14.1 Å². The van der Waals surface area contributed by atoms with Gasteiger partial charge in [0, 0.05) is 40.2 Å². The van der Waals surface area contributed by atoms with Crippen LogP contribution in [-0.2, 0) is 11.2 Å². The van der Waals surface area contributed by atoms with Crippen molar-refractivity contribution in [3.63, 3.8) is 0 Å². The summed E-state index contributed by atoms with van der Waals surface area (Å²) in [7, 11) is 0. The van der Waals surface area contributed by atoms with E-state index in [0.717, 1.165) is 33.8 Å². The van der Waals surface area contributed by atoms with E-state index in [1.165, 1.54) is 11.6 Å². The molecule has 1 amide bonds. The van der Waals surface area contributed by atoms with Crippen LogP contribution in [0.1, 0.15) is 23.6 Å². The number of para-hydroxylation sites is 1. The second-order valence-corrected chi connectivity index (χ2v) is 6.93. The molecule has 0 saturated carbocycles. The molecule has 0 fully saturated rings. The van der Waals surface area contributed by atoms with Crippen molar-refractivity contribution >= 4 is 34.0 Å². The monoisotopic (exact) mass is 403 g/mol. The smallest absolute Gasteiger partial charge is 0.336 e. The number of benzene rings is 2. The molecule has 2 heterocycles. The number of hydrogen-bond donors (Lipinski definition) is 2. The second kappa shape index (κ2) is 8.24. The molecule has 0 atom stereocenters. The van der Waals surface area contributed by atoms with Gasteiger partial charge in [-0.1, -0.05) is 25.1 Å². The van der Waals surface area contributed by atoms with Gasteiger partial charge in [0.1, 0.15) is 11.3 Å².